The maximum atomic E-state index is 12.6. The van der Waals surface area contributed by atoms with Crippen LogP contribution in [0.5, 0.6) is 0 Å². The lowest BCUT2D eigenvalue weighted by Gasteiger charge is -2.34. The summed E-state index contributed by atoms with van der Waals surface area (Å²) in [7, 11) is -3.45. The first kappa shape index (κ1) is 17.4. The summed E-state index contributed by atoms with van der Waals surface area (Å²) in [5.74, 6) is 0.138. The SMILES string of the molecule is O=C(CCN1CCCC1)N1CCN(S(=O)(=O)c2ccccc2)CC1. The Morgan fingerprint density at radius 2 is 1.54 bits per heavy atom. The van der Waals surface area contributed by atoms with E-state index in [9.17, 15) is 13.2 Å². The van der Waals surface area contributed by atoms with Gasteiger partial charge in [0.15, 0.2) is 0 Å². The van der Waals surface area contributed by atoms with Gasteiger partial charge in [-0.15, -0.1) is 0 Å². The molecular formula is C17H25N3O3S. The Balaban J connectivity index is 1.51. The average Bonchev–Trinajstić information content (AvgIpc) is 3.14. The van der Waals surface area contributed by atoms with Crippen LogP contribution in [0, 0.1) is 0 Å². The van der Waals surface area contributed by atoms with Gasteiger partial charge in [0.2, 0.25) is 15.9 Å². The van der Waals surface area contributed by atoms with Crippen molar-refractivity contribution in [1.82, 2.24) is 14.1 Å². The van der Waals surface area contributed by atoms with Crippen molar-refractivity contribution in [1.29, 1.82) is 0 Å². The number of piperazine rings is 1. The summed E-state index contributed by atoms with van der Waals surface area (Å²) in [5.41, 5.74) is 0. The van der Waals surface area contributed by atoms with Crippen LogP contribution in [-0.4, -0.2) is 74.2 Å². The van der Waals surface area contributed by atoms with Gasteiger partial charge in [-0.1, -0.05) is 18.2 Å². The minimum absolute atomic E-state index is 0.138. The van der Waals surface area contributed by atoms with Crippen LogP contribution in [-0.2, 0) is 14.8 Å². The molecule has 2 fully saturated rings. The summed E-state index contributed by atoms with van der Waals surface area (Å²) < 4.78 is 26.6. The van der Waals surface area contributed by atoms with E-state index >= 15 is 0 Å². The summed E-state index contributed by atoms with van der Waals surface area (Å²) >= 11 is 0. The zero-order valence-electron chi connectivity index (χ0n) is 13.9. The molecule has 0 N–H and O–H groups in total. The third kappa shape index (κ3) is 3.96. The van der Waals surface area contributed by atoms with Crippen molar-refractivity contribution in [2.75, 3.05) is 45.8 Å². The Labute approximate surface area is 144 Å². The molecule has 7 heteroatoms. The van der Waals surface area contributed by atoms with Crippen molar-refractivity contribution < 1.29 is 13.2 Å². The highest BCUT2D eigenvalue weighted by Crippen LogP contribution is 2.17. The van der Waals surface area contributed by atoms with Crippen LogP contribution in [0.4, 0.5) is 0 Å². The van der Waals surface area contributed by atoms with Crippen LogP contribution >= 0.6 is 0 Å². The molecule has 1 aromatic carbocycles. The van der Waals surface area contributed by atoms with E-state index in [-0.39, 0.29) is 5.91 Å². The van der Waals surface area contributed by atoms with E-state index in [4.69, 9.17) is 0 Å². The molecule has 132 valence electrons. The van der Waals surface area contributed by atoms with Crippen LogP contribution < -0.4 is 0 Å². The maximum absolute atomic E-state index is 12.6. The van der Waals surface area contributed by atoms with Gasteiger partial charge in [-0.05, 0) is 38.1 Å². The van der Waals surface area contributed by atoms with Gasteiger partial charge in [-0.2, -0.15) is 4.31 Å². The zero-order valence-corrected chi connectivity index (χ0v) is 14.7. The first-order chi connectivity index (χ1) is 11.6. The molecule has 2 aliphatic rings. The Morgan fingerprint density at radius 1 is 0.917 bits per heavy atom. The highest BCUT2D eigenvalue weighted by atomic mass is 32.2. The minimum Gasteiger partial charge on any atom is -0.340 e. The van der Waals surface area contributed by atoms with E-state index in [1.54, 1.807) is 35.2 Å². The fourth-order valence-corrected chi connectivity index (χ4v) is 4.78. The van der Waals surface area contributed by atoms with E-state index in [0.29, 0.717) is 37.5 Å². The van der Waals surface area contributed by atoms with Crippen LogP contribution in [0.2, 0.25) is 0 Å². The Morgan fingerprint density at radius 3 is 2.17 bits per heavy atom. The summed E-state index contributed by atoms with van der Waals surface area (Å²) in [6.45, 7) is 4.70. The molecule has 0 aromatic heterocycles. The largest absolute Gasteiger partial charge is 0.340 e. The van der Waals surface area contributed by atoms with E-state index in [1.807, 2.05) is 0 Å². The molecule has 1 amide bonds. The smallest absolute Gasteiger partial charge is 0.243 e. The van der Waals surface area contributed by atoms with Crippen molar-refractivity contribution in [2.24, 2.45) is 0 Å². The van der Waals surface area contributed by atoms with E-state index in [2.05, 4.69) is 4.90 Å². The average molecular weight is 351 g/mol. The fourth-order valence-electron chi connectivity index (χ4n) is 3.34. The second-order valence-electron chi connectivity index (χ2n) is 6.40. The normalized spacial score (nSPS) is 20.4. The summed E-state index contributed by atoms with van der Waals surface area (Å²) in [4.78, 5) is 16.8. The number of likely N-dealkylation sites (tertiary alicyclic amines) is 1. The van der Waals surface area contributed by atoms with Crippen molar-refractivity contribution in [3.05, 3.63) is 30.3 Å². The third-order valence-electron chi connectivity index (χ3n) is 4.81. The molecular weight excluding hydrogens is 326 g/mol. The molecule has 2 aliphatic heterocycles. The molecule has 0 saturated carbocycles. The van der Waals surface area contributed by atoms with Crippen molar-refractivity contribution in [3.63, 3.8) is 0 Å². The Bertz CT molecular complexity index is 649. The number of rotatable bonds is 5. The van der Waals surface area contributed by atoms with Gasteiger partial charge < -0.3 is 9.80 Å². The number of benzene rings is 1. The molecule has 0 radical (unpaired) electrons. The number of nitrogens with zero attached hydrogens (tertiary/aromatic N) is 3. The van der Waals surface area contributed by atoms with Gasteiger partial charge in [0, 0.05) is 39.1 Å². The molecule has 0 unspecified atom stereocenters. The predicted molar refractivity (Wildman–Crippen MR) is 92.1 cm³/mol. The lowest BCUT2D eigenvalue weighted by molar-refractivity contribution is -0.132. The highest BCUT2D eigenvalue weighted by molar-refractivity contribution is 7.89. The van der Waals surface area contributed by atoms with E-state index in [1.165, 1.54) is 17.1 Å². The first-order valence-corrected chi connectivity index (χ1v) is 10.1. The monoisotopic (exact) mass is 351 g/mol. The van der Waals surface area contributed by atoms with Gasteiger partial charge in [-0.3, -0.25) is 4.79 Å². The maximum Gasteiger partial charge on any atom is 0.243 e. The molecule has 6 nitrogen and oxygen atoms in total. The number of hydrogen-bond donors (Lipinski definition) is 0. The van der Waals surface area contributed by atoms with E-state index in [0.717, 1.165) is 19.6 Å². The van der Waals surface area contributed by atoms with Crippen LogP contribution in [0.25, 0.3) is 0 Å². The zero-order chi connectivity index (χ0) is 17.0. The molecule has 0 bridgehead atoms. The fraction of sp³-hybridized carbons (Fsp3) is 0.588. The van der Waals surface area contributed by atoms with Gasteiger partial charge in [-0.25, -0.2) is 8.42 Å². The minimum atomic E-state index is -3.45. The van der Waals surface area contributed by atoms with Crippen LogP contribution in [0.15, 0.2) is 35.2 Å². The molecule has 24 heavy (non-hydrogen) atoms. The summed E-state index contributed by atoms with van der Waals surface area (Å²) in [6, 6.07) is 8.48. The van der Waals surface area contributed by atoms with Gasteiger partial charge in [0.25, 0.3) is 0 Å². The number of amides is 1. The van der Waals surface area contributed by atoms with Crippen molar-refractivity contribution in [2.45, 2.75) is 24.2 Å². The molecule has 2 saturated heterocycles. The Hall–Kier alpha value is -1.44. The van der Waals surface area contributed by atoms with Crippen LogP contribution in [0.3, 0.4) is 0 Å². The topological polar surface area (TPSA) is 60.9 Å². The number of carbonyl (C=O) groups excluding carboxylic acids is 1. The van der Waals surface area contributed by atoms with Gasteiger partial charge in [0.05, 0.1) is 4.90 Å². The van der Waals surface area contributed by atoms with Crippen molar-refractivity contribution in [3.8, 4) is 0 Å². The summed E-state index contributed by atoms with van der Waals surface area (Å²) in [6.07, 6.45) is 2.99. The molecule has 2 heterocycles. The van der Waals surface area contributed by atoms with Gasteiger partial charge in [0.1, 0.15) is 0 Å². The molecule has 3 rings (SSSR count). The quantitative estimate of drug-likeness (QED) is 0.794. The lowest BCUT2D eigenvalue weighted by atomic mass is 10.3. The first-order valence-electron chi connectivity index (χ1n) is 8.63. The van der Waals surface area contributed by atoms with Crippen LogP contribution in [0.1, 0.15) is 19.3 Å². The number of sulfonamides is 1. The Kier molecular flexibility index (Phi) is 5.53. The predicted octanol–water partition coefficient (Wildman–Crippen LogP) is 1.01. The molecule has 0 spiro atoms. The number of carbonyl (C=O) groups is 1. The molecule has 1 aromatic rings. The number of hydrogen-bond acceptors (Lipinski definition) is 4. The summed E-state index contributed by atoms with van der Waals surface area (Å²) in [5, 5.41) is 0. The van der Waals surface area contributed by atoms with Gasteiger partial charge >= 0.3 is 0 Å². The van der Waals surface area contributed by atoms with E-state index < -0.39 is 10.0 Å². The van der Waals surface area contributed by atoms with Crippen molar-refractivity contribution >= 4 is 15.9 Å². The lowest BCUT2D eigenvalue weighted by Crippen LogP contribution is -2.50. The standard InChI is InChI=1S/C17H25N3O3S/c21-17(8-11-18-9-4-5-10-18)19-12-14-20(15-13-19)24(22,23)16-6-2-1-3-7-16/h1-3,6-7H,4-5,8-15H2. The highest BCUT2D eigenvalue weighted by Gasteiger charge is 2.30. The molecule has 0 atom stereocenters. The second kappa shape index (κ2) is 7.63. The third-order valence-corrected chi connectivity index (χ3v) is 6.73. The molecule has 0 aliphatic carbocycles. The second-order valence-corrected chi connectivity index (χ2v) is 8.33.